The first-order valence-electron chi connectivity index (χ1n) is 5.00. The number of imide groups is 1. The number of guanidine groups is 1. The minimum Gasteiger partial charge on any atom is -0.370 e. The highest BCUT2D eigenvalue weighted by atomic mass is 16.2. The lowest BCUT2D eigenvalue weighted by Gasteiger charge is -2.05. The quantitative estimate of drug-likeness (QED) is 0.413. The fraction of sp³-hybridized carbons (Fsp3) is 0.182. The molecule has 0 saturated heterocycles. The van der Waals surface area contributed by atoms with E-state index in [4.69, 9.17) is 5.73 Å². The van der Waals surface area contributed by atoms with Gasteiger partial charge < -0.3 is 11.1 Å². The number of carbonyl (C=O) groups excluding carboxylic acids is 2. The largest absolute Gasteiger partial charge is 0.370 e. The molecule has 2 rings (SSSR count). The second kappa shape index (κ2) is 3.89. The molecule has 2 amide bonds. The van der Waals surface area contributed by atoms with Gasteiger partial charge in [0.05, 0.1) is 11.1 Å². The molecule has 0 atom stereocenters. The average Bonchev–Trinajstić information content (AvgIpc) is 2.54. The van der Waals surface area contributed by atoms with Crippen LogP contribution < -0.4 is 11.1 Å². The van der Waals surface area contributed by atoms with Crippen LogP contribution in [0.25, 0.3) is 0 Å². The highest BCUT2D eigenvalue weighted by Gasteiger charge is 2.32. The molecule has 3 N–H and O–H groups in total. The van der Waals surface area contributed by atoms with Gasteiger partial charge in [-0.2, -0.15) is 0 Å². The van der Waals surface area contributed by atoms with E-state index in [0.29, 0.717) is 16.8 Å². The SMILES string of the molecule is CN=C(N)Nc1ccc2c(c1)C(=O)N(C)C2=O. The Balaban J connectivity index is 2.40. The van der Waals surface area contributed by atoms with Gasteiger partial charge in [-0.3, -0.25) is 19.5 Å². The van der Waals surface area contributed by atoms with Crippen molar-refractivity contribution in [1.29, 1.82) is 0 Å². The molecule has 0 radical (unpaired) electrons. The van der Waals surface area contributed by atoms with Crippen molar-refractivity contribution in [2.75, 3.05) is 19.4 Å². The normalized spacial score (nSPS) is 15.2. The maximum atomic E-state index is 11.7. The number of nitrogens with zero attached hydrogens (tertiary/aromatic N) is 2. The van der Waals surface area contributed by atoms with Gasteiger partial charge >= 0.3 is 0 Å². The van der Waals surface area contributed by atoms with E-state index in [0.717, 1.165) is 4.90 Å². The summed E-state index contributed by atoms with van der Waals surface area (Å²) in [6, 6.07) is 4.88. The molecule has 1 aromatic rings. The van der Waals surface area contributed by atoms with Gasteiger partial charge in [0.25, 0.3) is 11.8 Å². The lowest BCUT2D eigenvalue weighted by atomic mass is 10.1. The monoisotopic (exact) mass is 232 g/mol. The molecular formula is C11H12N4O2. The van der Waals surface area contributed by atoms with Crippen molar-refractivity contribution in [3.8, 4) is 0 Å². The molecule has 0 fully saturated rings. The summed E-state index contributed by atoms with van der Waals surface area (Å²) in [5.74, 6) is -0.343. The van der Waals surface area contributed by atoms with Crippen LogP contribution in [0, 0.1) is 0 Å². The first-order valence-corrected chi connectivity index (χ1v) is 5.00. The maximum Gasteiger partial charge on any atom is 0.261 e. The Kier molecular flexibility index (Phi) is 2.55. The van der Waals surface area contributed by atoms with Crippen molar-refractivity contribution >= 4 is 23.5 Å². The molecule has 1 aromatic carbocycles. The van der Waals surface area contributed by atoms with Gasteiger partial charge in [0, 0.05) is 19.8 Å². The summed E-state index contributed by atoms with van der Waals surface area (Å²) in [5.41, 5.74) is 6.94. The van der Waals surface area contributed by atoms with Crippen molar-refractivity contribution in [3.63, 3.8) is 0 Å². The molecule has 6 heteroatoms. The third-order valence-electron chi connectivity index (χ3n) is 2.60. The molecule has 0 spiro atoms. The topological polar surface area (TPSA) is 87.8 Å². The Morgan fingerprint density at radius 3 is 2.59 bits per heavy atom. The number of rotatable bonds is 1. The van der Waals surface area contributed by atoms with E-state index in [1.165, 1.54) is 7.05 Å². The zero-order valence-corrected chi connectivity index (χ0v) is 9.52. The minimum absolute atomic E-state index is 0.245. The van der Waals surface area contributed by atoms with Crippen molar-refractivity contribution in [2.24, 2.45) is 10.7 Å². The molecule has 1 aliphatic heterocycles. The van der Waals surface area contributed by atoms with Crippen LogP contribution in [-0.4, -0.2) is 36.8 Å². The number of carbonyl (C=O) groups is 2. The zero-order valence-electron chi connectivity index (χ0n) is 9.52. The van der Waals surface area contributed by atoms with Crippen LogP contribution in [0.1, 0.15) is 20.7 Å². The number of aliphatic imine (C=N–C) groups is 1. The first-order chi connectivity index (χ1) is 8.04. The van der Waals surface area contributed by atoms with Crippen LogP contribution in [0.5, 0.6) is 0 Å². The number of nitrogens with one attached hydrogen (secondary N) is 1. The van der Waals surface area contributed by atoms with Crippen LogP contribution >= 0.6 is 0 Å². The summed E-state index contributed by atoms with van der Waals surface area (Å²) in [7, 11) is 3.01. The standard InChI is InChI=1S/C11H12N4O2/c1-13-11(12)14-6-3-4-7-8(5-6)10(17)15(2)9(7)16/h3-5H,1-2H3,(H3,12,13,14). The van der Waals surface area contributed by atoms with Gasteiger partial charge in [0.15, 0.2) is 5.96 Å². The minimum atomic E-state index is -0.305. The summed E-state index contributed by atoms with van der Waals surface area (Å²) in [6.45, 7) is 0. The van der Waals surface area contributed by atoms with Crippen molar-refractivity contribution in [2.45, 2.75) is 0 Å². The highest BCUT2D eigenvalue weighted by molar-refractivity contribution is 6.21. The Morgan fingerprint density at radius 1 is 1.29 bits per heavy atom. The van der Waals surface area contributed by atoms with Crippen LogP contribution in [0.4, 0.5) is 5.69 Å². The van der Waals surface area contributed by atoms with E-state index in [1.54, 1.807) is 25.2 Å². The molecule has 88 valence electrons. The summed E-state index contributed by atoms with van der Waals surface area (Å²) in [4.78, 5) is 28.2. The summed E-state index contributed by atoms with van der Waals surface area (Å²) in [5, 5.41) is 2.82. The summed E-state index contributed by atoms with van der Waals surface area (Å²) >= 11 is 0. The second-order valence-electron chi connectivity index (χ2n) is 3.66. The summed E-state index contributed by atoms with van der Waals surface area (Å²) in [6.07, 6.45) is 0. The van der Waals surface area contributed by atoms with Crippen LogP contribution in [0.2, 0.25) is 0 Å². The van der Waals surface area contributed by atoms with E-state index in [1.807, 2.05) is 0 Å². The molecular weight excluding hydrogens is 220 g/mol. The average molecular weight is 232 g/mol. The Morgan fingerprint density at radius 2 is 1.94 bits per heavy atom. The van der Waals surface area contributed by atoms with Crippen LogP contribution in [0.3, 0.4) is 0 Å². The second-order valence-corrected chi connectivity index (χ2v) is 3.66. The zero-order chi connectivity index (χ0) is 12.6. The predicted molar refractivity (Wildman–Crippen MR) is 64.0 cm³/mol. The van der Waals surface area contributed by atoms with Gasteiger partial charge in [-0.25, -0.2) is 0 Å². The van der Waals surface area contributed by atoms with Gasteiger partial charge in [0.1, 0.15) is 0 Å². The van der Waals surface area contributed by atoms with Crippen molar-refractivity contribution in [3.05, 3.63) is 29.3 Å². The Labute approximate surface area is 98.1 Å². The van der Waals surface area contributed by atoms with Gasteiger partial charge in [0.2, 0.25) is 0 Å². The van der Waals surface area contributed by atoms with E-state index < -0.39 is 0 Å². The number of hydrogen-bond donors (Lipinski definition) is 2. The van der Waals surface area contributed by atoms with Gasteiger partial charge in [-0.15, -0.1) is 0 Å². The lowest BCUT2D eigenvalue weighted by molar-refractivity contribution is 0.0693. The van der Waals surface area contributed by atoms with Crippen molar-refractivity contribution < 1.29 is 9.59 Å². The fourth-order valence-electron chi connectivity index (χ4n) is 1.64. The van der Waals surface area contributed by atoms with Crippen LogP contribution in [-0.2, 0) is 0 Å². The highest BCUT2D eigenvalue weighted by Crippen LogP contribution is 2.24. The van der Waals surface area contributed by atoms with E-state index in [9.17, 15) is 9.59 Å². The molecule has 0 saturated carbocycles. The Bertz CT molecular complexity index is 536. The van der Waals surface area contributed by atoms with E-state index in [-0.39, 0.29) is 17.8 Å². The Hall–Kier alpha value is -2.37. The van der Waals surface area contributed by atoms with Crippen molar-refractivity contribution in [1.82, 2.24) is 4.90 Å². The lowest BCUT2D eigenvalue weighted by Crippen LogP contribution is -2.24. The third-order valence-corrected chi connectivity index (χ3v) is 2.60. The number of benzene rings is 1. The first kappa shape index (κ1) is 11.1. The molecule has 0 unspecified atom stereocenters. The molecule has 0 aliphatic carbocycles. The third kappa shape index (κ3) is 1.73. The smallest absolute Gasteiger partial charge is 0.261 e. The van der Waals surface area contributed by atoms with Gasteiger partial charge in [-0.05, 0) is 18.2 Å². The number of fused-ring (bicyclic) bond motifs is 1. The maximum absolute atomic E-state index is 11.7. The predicted octanol–water partition coefficient (Wildman–Crippen LogP) is 0.269. The fourth-order valence-corrected chi connectivity index (χ4v) is 1.64. The van der Waals surface area contributed by atoms with E-state index in [2.05, 4.69) is 10.3 Å². The number of nitrogens with two attached hydrogens (primary N) is 1. The van der Waals surface area contributed by atoms with E-state index >= 15 is 0 Å². The molecule has 0 aromatic heterocycles. The number of hydrogen-bond acceptors (Lipinski definition) is 3. The van der Waals surface area contributed by atoms with Gasteiger partial charge in [-0.1, -0.05) is 0 Å². The molecule has 1 heterocycles. The summed E-state index contributed by atoms with van der Waals surface area (Å²) < 4.78 is 0. The molecule has 1 aliphatic rings. The molecule has 0 bridgehead atoms. The molecule has 17 heavy (non-hydrogen) atoms. The number of amides is 2. The number of anilines is 1. The molecule has 6 nitrogen and oxygen atoms in total. The van der Waals surface area contributed by atoms with Crippen LogP contribution in [0.15, 0.2) is 23.2 Å².